The molecule has 1 atom stereocenters. The van der Waals surface area contributed by atoms with Crippen LogP contribution in [0.25, 0.3) is 0 Å². The maximum absolute atomic E-state index is 13.0. The van der Waals surface area contributed by atoms with Crippen LogP contribution in [-0.2, 0) is 9.53 Å². The van der Waals surface area contributed by atoms with Crippen LogP contribution in [0.1, 0.15) is 42.7 Å². The number of anilines is 1. The Morgan fingerprint density at radius 1 is 1.12 bits per heavy atom. The van der Waals surface area contributed by atoms with Crippen LogP contribution in [0.4, 0.5) is 5.69 Å². The predicted molar refractivity (Wildman–Crippen MR) is 134 cm³/mol. The summed E-state index contributed by atoms with van der Waals surface area (Å²) in [7, 11) is 3.04. The molecule has 2 aromatic carbocycles. The smallest absolute Gasteiger partial charge is 0.338 e. The molecular formula is C25H29N3O5S. The first kappa shape index (κ1) is 25.0. The van der Waals surface area contributed by atoms with Crippen molar-refractivity contribution >= 4 is 34.9 Å². The van der Waals surface area contributed by atoms with Crippen LogP contribution in [0, 0.1) is 0 Å². The molecule has 34 heavy (non-hydrogen) atoms. The Morgan fingerprint density at radius 3 is 2.53 bits per heavy atom. The predicted octanol–water partition coefficient (Wildman–Crippen LogP) is 4.04. The minimum absolute atomic E-state index is 0.263. The quantitative estimate of drug-likeness (QED) is 0.430. The van der Waals surface area contributed by atoms with Crippen LogP contribution in [0.5, 0.6) is 11.5 Å². The average Bonchev–Trinajstić information content (AvgIpc) is 2.83. The maximum atomic E-state index is 13.0. The van der Waals surface area contributed by atoms with Crippen molar-refractivity contribution in [2.24, 2.45) is 0 Å². The molecule has 2 aromatic rings. The molecule has 8 nitrogen and oxygen atoms in total. The third-order valence-corrected chi connectivity index (χ3v) is 5.88. The molecule has 0 saturated carbocycles. The van der Waals surface area contributed by atoms with E-state index in [1.807, 2.05) is 36.9 Å². The first-order valence-electron chi connectivity index (χ1n) is 10.9. The minimum atomic E-state index is -0.512. The standard InChI is InChI=1S/C25H29N3O5S/c1-6-28-15(3)21(24(30)33-7-2)22(27-25(28)34)16-9-8-10-17(13-16)26-23(29)19-12-11-18(31-4)14-20(19)32-5/h8-14,22H,6-7H2,1-5H3,(H,26,29)(H,27,34). The van der Waals surface area contributed by atoms with E-state index in [4.69, 9.17) is 26.4 Å². The Kier molecular flexibility index (Phi) is 8.12. The van der Waals surface area contributed by atoms with E-state index < -0.39 is 12.0 Å². The number of nitrogens with zero attached hydrogens (tertiary/aromatic N) is 1. The number of carbonyl (C=O) groups is 2. The molecule has 0 spiro atoms. The number of hydrogen-bond donors (Lipinski definition) is 2. The lowest BCUT2D eigenvalue weighted by Gasteiger charge is -2.37. The highest BCUT2D eigenvalue weighted by Crippen LogP contribution is 2.33. The summed E-state index contributed by atoms with van der Waals surface area (Å²) in [6, 6.07) is 11.7. The highest BCUT2D eigenvalue weighted by atomic mass is 32.1. The number of thiocarbonyl (C=S) groups is 1. The Hall–Kier alpha value is -3.59. The Morgan fingerprint density at radius 2 is 1.88 bits per heavy atom. The molecule has 0 aliphatic carbocycles. The molecule has 2 N–H and O–H groups in total. The zero-order chi connectivity index (χ0) is 24.8. The van der Waals surface area contributed by atoms with Crippen molar-refractivity contribution in [2.45, 2.75) is 26.8 Å². The summed E-state index contributed by atoms with van der Waals surface area (Å²) in [4.78, 5) is 27.7. The summed E-state index contributed by atoms with van der Waals surface area (Å²) in [6.07, 6.45) is 0. The van der Waals surface area contributed by atoms with Gasteiger partial charge in [-0.2, -0.15) is 0 Å². The Bertz CT molecular complexity index is 1130. The van der Waals surface area contributed by atoms with Crippen LogP contribution in [0.3, 0.4) is 0 Å². The van der Waals surface area contributed by atoms with Gasteiger partial charge in [0.15, 0.2) is 5.11 Å². The molecular weight excluding hydrogens is 454 g/mol. The van der Waals surface area contributed by atoms with Crippen molar-refractivity contribution in [3.63, 3.8) is 0 Å². The number of hydrogen-bond acceptors (Lipinski definition) is 6. The van der Waals surface area contributed by atoms with Gasteiger partial charge in [0.2, 0.25) is 0 Å². The summed E-state index contributed by atoms with van der Waals surface area (Å²) in [5, 5.41) is 6.67. The average molecular weight is 484 g/mol. The molecule has 1 heterocycles. The fourth-order valence-corrected chi connectivity index (χ4v) is 4.25. The molecule has 180 valence electrons. The number of ether oxygens (including phenoxy) is 3. The highest BCUT2D eigenvalue weighted by Gasteiger charge is 2.34. The van der Waals surface area contributed by atoms with E-state index >= 15 is 0 Å². The molecule has 0 bridgehead atoms. The van der Waals surface area contributed by atoms with E-state index in [-0.39, 0.29) is 12.5 Å². The van der Waals surface area contributed by atoms with Gasteiger partial charge in [0.05, 0.1) is 38.0 Å². The van der Waals surface area contributed by atoms with Gasteiger partial charge in [-0.25, -0.2) is 4.79 Å². The third kappa shape index (κ3) is 5.14. The number of rotatable bonds is 8. The van der Waals surface area contributed by atoms with E-state index in [0.717, 1.165) is 11.3 Å². The maximum Gasteiger partial charge on any atom is 0.338 e. The minimum Gasteiger partial charge on any atom is -0.497 e. The van der Waals surface area contributed by atoms with E-state index in [0.29, 0.717) is 40.0 Å². The molecule has 1 aliphatic rings. The van der Waals surface area contributed by atoms with Crippen molar-refractivity contribution in [2.75, 3.05) is 32.7 Å². The van der Waals surface area contributed by atoms with Gasteiger partial charge in [-0.1, -0.05) is 12.1 Å². The summed E-state index contributed by atoms with van der Waals surface area (Å²) in [5.41, 5.74) is 2.92. The summed E-state index contributed by atoms with van der Waals surface area (Å²) in [6.45, 7) is 6.47. The van der Waals surface area contributed by atoms with Crippen molar-refractivity contribution in [1.29, 1.82) is 0 Å². The van der Waals surface area contributed by atoms with E-state index in [1.165, 1.54) is 7.11 Å². The zero-order valence-corrected chi connectivity index (χ0v) is 20.7. The largest absolute Gasteiger partial charge is 0.497 e. The highest BCUT2D eigenvalue weighted by molar-refractivity contribution is 7.80. The van der Waals surface area contributed by atoms with Gasteiger partial charge < -0.3 is 29.7 Å². The second kappa shape index (κ2) is 11.0. The fraction of sp³-hybridized carbons (Fsp3) is 0.320. The summed E-state index contributed by atoms with van der Waals surface area (Å²) in [5.74, 6) is 0.244. The molecule has 1 amide bonds. The first-order valence-corrected chi connectivity index (χ1v) is 11.3. The van der Waals surface area contributed by atoms with Crippen molar-refractivity contribution < 1.29 is 23.8 Å². The van der Waals surface area contributed by atoms with E-state index in [2.05, 4.69) is 10.6 Å². The molecule has 1 unspecified atom stereocenters. The second-order valence-electron chi connectivity index (χ2n) is 7.49. The van der Waals surface area contributed by atoms with Crippen LogP contribution < -0.4 is 20.1 Å². The fourth-order valence-electron chi connectivity index (χ4n) is 3.87. The number of amides is 1. The SMILES string of the molecule is CCOC(=O)C1=C(C)N(CC)C(=S)NC1c1cccc(NC(=O)c2ccc(OC)cc2OC)c1. The number of allylic oxidation sites excluding steroid dienone is 1. The van der Waals surface area contributed by atoms with Gasteiger partial charge >= 0.3 is 5.97 Å². The van der Waals surface area contributed by atoms with Crippen LogP contribution in [0.2, 0.25) is 0 Å². The molecule has 0 aromatic heterocycles. The molecule has 3 rings (SSSR count). The number of nitrogens with one attached hydrogen (secondary N) is 2. The van der Waals surface area contributed by atoms with Gasteiger partial charge in [-0.15, -0.1) is 0 Å². The van der Waals surface area contributed by atoms with Crippen LogP contribution >= 0.6 is 12.2 Å². The number of methoxy groups -OCH3 is 2. The van der Waals surface area contributed by atoms with Gasteiger partial charge in [0.1, 0.15) is 11.5 Å². The Balaban J connectivity index is 1.94. The number of benzene rings is 2. The molecule has 0 radical (unpaired) electrons. The molecule has 0 fully saturated rings. The normalized spacial score (nSPS) is 15.5. The molecule has 9 heteroatoms. The third-order valence-electron chi connectivity index (χ3n) is 5.54. The zero-order valence-electron chi connectivity index (χ0n) is 19.9. The van der Waals surface area contributed by atoms with Crippen LogP contribution in [-0.4, -0.2) is 49.3 Å². The molecule has 1 aliphatic heterocycles. The monoisotopic (exact) mass is 483 g/mol. The van der Waals surface area contributed by atoms with Crippen molar-refractivity contribution in [3.05, 3.63) is 64.9 Å². The second-order valence-corrected chi connectivity index (χ2v) is 7.88. The number of esters is 1. The topological polar surface area (TPSA) is 89.1 Å². The summed E-state index contributed by atoms with van der Waals surface area (Å²) < 4.78 is 15.9. The lowest BCUT2D eigenvalue weighted by molar-refractivity contribution is -0.139. The van der Waals surface area contributed by atoms with E-state index in [1.54, 1.807) is 38.3 Å². The first-order chi connectivity index (χ1) is 16.3. The molecule has 0 saturated heterocycles. The Labute approximate surface area is 204 Å². The van der Waals surface area contributed by atoms with Crippen molar-refractivity contribution in [1.82, 2.24) is 10.2 Å². The van der Waals surface area contributed by atoms with Crippen LogP contribution in [0.15, 0.2) is 53.7 Å². The van der Waals surface area contributed by atoms with Crippen molar-refractivity contribution in [3.8, 4) is 11.5 Å². The van der Waals surface area contributed by atoms with E-state index in [9.17, 15) is 9.59 Å². The van der Waals surface area contributed by atoms with Gasteiger partial charge in [-0.3, -0.25) is 4.79 Å². The van der Waals surface area contributed by atoms with Gasteiger partial charge in [0, 0.05) is 24.0 Å². The lowest BCUT2D eigenvalue weighted by atomic mass is 9.94. The van der Waals surface area contributed by atoms with Gasteiger partial charge in [0.25, 0.3) is 5.91 Å². The lowest BCUT2D eigenvalue weighted by Crippen LogP contribution is -2.47. The number of carbonyl (C=O) groups excluding carboxylic acids is 2. The summed E-state index contributed by atoms with van der Waals surface area (Å²) >= 11 is 5.53. The van der Waals surface area contributed by atoms with Gasteiger partial charge in [-0.05, 0) is 62.8 Å².